The lowest BCUT2D eigenvalue weighted by molar-refractivity contribution is 0.814. The summed E-state index contributed by atoms with van der Waals surface area (Å²) in [6.45, 7) is 1.03. The van der Waals surface area contributed by atoms with Gasteiger partial charge in [-0.25, -0.2) is 4.68 Å². The van der Waals surface area contributed by atoms with Gasteiger partial charge >= 0.3 is 0 Å². The van der Waals surface area contributed by atoms with Gasteiger partial charge in [-0.1, -0.05) is 18.2 Å². The molecule has 0 saturated carbocycles. The number of para-hydroxylation sites is 1. The van der Waals surface area contributed by atoms with Gasteiger partial charge in [0, 0.05) is 13.0 Å². The molecule has 0 aliphatic carbocycles. The first kappa shape index (κ1) is 7.62. The average Bonchev–Trinajstić information content (AvgIpc) is 2.79. The maximum absolute atomic E-state index is 4.36. The molecule has 0 spiro atoms. The summed E-state index contributed by atoms with van der Waals surface area (Å²) in [6.07, 6.45) is 2.96. The minimum absolute atomic E-state index is 1.03. The Hall–Kier alpha value is -1.77. The molecule has 3 nitrogen and oxygen atoms in total. The molecule has 0 saturated heterocycles. The van der Waals surface area contributed by atoms with Gasteiger partial charge in [0.2, 0.25) is 0 Å². The maximum Gasteiger partial charge on any atom is 0.0764 e. The van der Waals surface area contributed by atoms with Gasteiger partial charge in [0.15, 0.2) is 0 Å². The molecule has 1 aromatic carbocycles. The number of anilines is 1. The minimum atomic E-state index is 1.03. The van der Waals surface area contributed by atoms with E-state index in [0.29, 0.717) is 0 Å². The number of nitrogens with one attached hydrogen (secondary N) is 1. The Morgan fingerprint density at radius 3 is 2.93 bits per heavy atom. The van der Waals surface area contributed by atoms with Crippen LogP contribution in [0, 0.1) is 0 Å². The van der Waals surface area contributed by atoms with Crippen LogP contribution in [0.4, 0.5) is 5.69 Å². The van der Waals surface area contributed by atoms with Gasteiger partial charge in [0.1, 0.15) is 0 Å². The number of benzene rings is 1. The van der Waals surface area contributed by atoms with Crippen LogP contribution in [0.3, 0.4) is 0 Å². The monoisotopic (exact) mass is 185 g/mol. The molecule has 2 heterocycles. The summed E-state index contributed by atoms with van der Waals surface area (Å²) in [4.78, 5) is 0. The van der Waals surface area contributed by atoms with E-state index >= 15 is 0 Å². The Morgan fingerprint density at radius 2 is 2.07 bits per heavy atom. The van der Waals surface area contributed by atoms with Crippen LogP contribution in [0.2, 0.25) is 0 Å². The summed E-state index contributed by atoms with van der Waals surface area (Å²) in [7, 11) is 0. The van der Waals surface area contributed by atoms with Gasteiger partial charge < -0.3 is 5.32 Å². The number of fused-ring (bicyclic) bond motifs is 1. The van der Waals surface area contributed by atoms with E-state index < -0.39 is 0 Å². The zero-order valence-corrected chi connectivity index (χ0v) is 7.77. The average molecular weight is 185 g/mol. The third-order valence-corrected chi connectivity index (χ3v) is 2.55. The van der Waals surface area contributed by atoms with Gasteiger partial charge in [-0.15, -0.1) is 0 Å². The van der Waals surface area contributed by atoms with Crippen molar-refractivity contribution in [3.05, 3.63) is 42.2 Å². The molecule has 0 fully saturated rings. The van der Waals surface area contributed by atoms with Crippen molar-refractivity contribution < 1.29 is 0 Å². The van der Waals surface area contributed by atoms with Crippen molar-refractivity contribution in [1.29, 1.82) is 0 Å². The van der Waals surface area contributed by atoms with Crippen LogP contribution in [0.1, 0.15) is 5.69 Å². The molecule has 0 radical (unpaired) electrons. The van der Waals surface area contributed by atoms with E-state index in [1.54, 1.807) is 0 Å². The number of rotatable bonds is 1. The number of nitrogens with zero attached hydrogens (tertiary/aromatic N) is 2. The molecular formula is C11H11N3. The smallest absolute Gasteiger partial charge is 0.0764 e. The van der Waals surface area contributed by atoms with E-state index in [9.17, 15) is 0 Å². The third-order valence-electron chi connectivity index (χ3n) is 2.55. The lowest BCUT2D eigenvalue weighted by atomic mass is 10.3. The first-order valence-corrected chi connectivity index (χ1v) is 4.81. The van der Waals surface area contributed by atoms with Crippen molar-refractivity contribution in [3.8, 4) is 5.69 Å². The van der Waals surface area contributed by atoms with Crippen LogP contribution in [-0.4, -0.2) is 16.3 Å². The topological polar surface area (TPSA) is 29.9 Å². The van der Waals surface area contributed by atoms with Gasteiger partial charge in [0.05, 0.1) is 23.3 Å². The molecule has 0 bridgehead atoms. The fourth-order valence-corrected chi connectivity index (χ4v) is 1.87. The Morgan fingerprint density at radius 1 is 1.21 bits per heavy atom. The molecule has 1 N–H and O–H groups in total. The second kappa shape index (κ2) is 2.87. The molecule has 1 aliphatic rings. The minimum Gasteiger partial charge on any atom is -0.382 e. The van der Waals surface area contributed by atoms with Crippen LogP contribution in [-0.2, 0) is 6.42 Å². The highest BCUT2D eigenvalue weighted by Gasteiger charge is 2.16. The molecule has 1 aromatic heterocycles. The SMILES string of the molecule is c1ccc(-n2ncc3c2CCN3)cc1. The maximum atomic E-state index is 4.36. The van der Waals surface area contributed by atoms with Crippen molar-refractivity contribution in [2.45, 2.75) is 6.42 Å². The summed E-state index contributed by atoms with van der Waals surface area (Å²) in [5.41, 5.74) is 3.60. The van der Waals surface area contributed by atoms with Crippen LogP contribution >= 0.6 is 0 Å². The Bertz CT molecular complexity index is 445. The quantitative estimate of drug-likeness (QED) is 0.734. The van der Waals surface area contributed by atoms with Crippen LogP contribution in [0.5, 0.6) is 0 Å². The lowest BCUT2D eigenvalue weighted by Crippen LogP contribution is -2.01. The summed E-state index contributed by atoms with van der Waals surface area (Å²) < 4.78 is 2.01. The molecule has 3 rings (SSSR count). The first-order valence-electron chi connectivity index (χ1n) is 4.81. The molecular weight excluding hydrogens is 174 g/mol. The fourth-order valence-electron chi connectivity index (χ4n) is 1.87. The second-order valence-electron chi connectivity index (χ2n) is 3.43. The molecule has 14 heavy (non-hydrogen) atoms. The lowest BCUT2D eigenvalue weighted by Gasteiger charge is -2.03. The number of aromatic nitrogens is 2. The van der Waals surface area contributed by atoms with E-state index in [-0.39, 0.29) is 0 Å². The summed E-state index contributed by atoms with van der Waals surface area (Å²) in [5.74, 6) is 0. The Kier molecular flexibility index (Phi) is 1.56. The molecule has 0 amide bonds. The Labute approximate surface area is 82.4 Å². The highest BCUT2D eigenvalue weighted by Crippen LogP contribution is 2.23. The largest absolute Gasteiger partial charge is 0.382 e. The molecule has 2 aromatic rings. The van der Waals surface area contributed by atoms with E-state index in [0.717, 1.165) is 18.7 Å². The van der Waals surface area contributed by atoms with Crippen molar-refractivity contribution in [2.24, 2.45) is 0 Å². The molecule has 1 aliphatic heterocycles. The molecule has 3 heteroatoms. The molecule has 70 valence electrons. The zero-order valence-electron chi connectivity index (χ0n) is 7.77. The first-order chi connectivity index (χ1) is 6.95. The van der Waals surface area contributed by atoms with E-state index in [1.807, 2.05) is 29.1 Å². The second-order valence-corrected chi connectivity index (χ2v) is 3.43. The van der Waals surface area contributed by atoms with Crippen LogP contribution in [0.25, 0.3) is 5.69 Å². The summed E-state index contributed by atoms with van der Waals surface area (Å²) in [6, 6.07) is 10.2. The van der Waals surface area contributed by atoms with E-state index in [4.69, 9.17) is 0 Å². The Balaban J connectivity index is 2.13. The zero-order chi connectivity index (χ0) is 9.38. The van der Waals surface area contributed by atoms with Gasteiger partial charge in [-0.2, -0.15) is 5.10 Å². The normalized spacial score (nSPS) is 13.7. The van der Waals surface area contributed by atoms with Crippen molar-refractivity contribution >= 4 is 5.69 Å². The van der Waals surface area contributed by atoms with Crippen molar-refractivity contribution in [1.82, 2.24) is 9.78 Å². The van der Waals surface area contributed by atoms with Gasteiger partial charge in [0.25, 0.3) is 0 Å². The van der Waals surface area contributed by atoms with Gasteiger partial charge in [-0.05, 0) is 12.1 Å². The standard InChI is InChI=1S/C11H11N3/c1-2-4-9(5-3-1)14-11-6-7-12-10(11)8-13-14/h1-5,8,12H,6-7H2. The van der Waals surface area contributed by atoms with E-state index in [1.165, 1.54) is 11.4 Å². The predicted molar refractivity (Wildman–Crippen MR) is 55.8 cm³/mol. The van der Waals surface area contributed by atoms with Crippen molar-refractivity contribution in [2.75, 3.05) is 11.9 Å². The summed E-state index contributed by atoms with van der Waals surface area (Å²) in [5, 5.41) is 7.67. The number of hydrogen-bond donors (Lipinski definition) is 1. The molecule has 0 unspecified atom stereocenters. The highest BCUT2D eigenvalue weighted by atomic mass is 15.3. The third kappa shape index (κ3) is 1.02. The fraction of sp³-hybridized carbons (Fsp3) is 0.182. The van der Waals surface area contributed by atoms with E-state index in [2.05, 4.69) is 22.5 Å². The predicted octanol–water partition coefficient (Wildman–Crippen LogP) is 1.84. The van der Waals surface area contributed by atoms with Gasteiger partial charge in [-0.3, -0.25) is 0 Å². The van der Waals surface area contributed by atoms with Crippen molar-refractivity contribution in [3.63, 3.8) is 0 Å². The summed E-state index contributed by atoms with van der Waals surface area (Å²) >= 11 is 0. The highest BCUT2D eigenvalue weighted by molar-refractivity contribution is 5.53. The molecule has 0 atom stereocenters. The number of hydrogen-bond acceptors (Lipinski definition) is 2. The van der Waals surface area contributed by atoms with Crippen LogP contribution in [0.15, 0.2) is 36.5 Å². The van der Waals surface area contributed by atoms with Crippen LogP contribution < -0.4 is 5.32 Å².